The minimum atomic E-state index is -0.237. The van der Waals surface area contributed by atoms with Gasteiger partial charge in [0.2, 0.25) is 0 Å². The summed E-state index contributed by atoms with van der Waals surface area (Å²) in [6.45, 7) is 2.69. The summed E-state index contributed by atoms with van der Waals surface area (Å²) in [6.07, 6.45) is 1.94. The highest BCUT2D eigenvalue weighted by Crippen LogP contribution is 2.34. The van der Waals surface area contributed by atoms with Gasteiger partial charge in [0, 0.05) is 28.6 Å². The van der Waals surface area contributed by atoms with Gasteiger partial charge >= 0.3 is 5.69 Å². The van der Waals surface area contributed by atoms with Gasteiger partial charge in [-0.05, 0) is 32.0 Å². The molecule has 0 atom stereocenters. The SMILES string of the molecule is COc1cc(Br)c(CN2CCC(c3n[nH]c(=O)[nH]3)CC2)c(OC)c1. The molecule has 0 amide bonds. The van der Waals surface area contributed by atoms with Crippen LogP contribution >= 0.6 is 15.9 Å². The molecule has 2 aromatic rings. The Labute approximate surface area is 148 Å². The fraction of sp³-hybridized carbons (Fsp3) is 0.500. The average molecular weight is 397 g/mol. The van der Waals surface area contributed by atoms with Crippen LogP contribution in [0.25, 0.3) is 0 Å². The highest BCUT2D eigenvalue weighted by atomic mass is 79.9. The van der Waals surface area contributed by atoms with E-state index in [9.17, 15) is 4.79 Å². The Balaban J connectivity index is 1.67. The molecule has 1 aliphatic heterocycles. The first-order chi connectivity index (χ1) is 11.6. The molecule has 1 saturated heterocycles. The zero-order chi connectivity index (χ0) is 17.1. The Morgan fingerprint density at radius 1 is 1.29 bits per heavy atom. The second kappa shape index (κ2) is 7.40. The Bertz CT molecular complexity index is 750. The molecule has 3 rings (SSSR count). The summed E-state index contributed by atoms with van der Waals surface area (Å²) in [7, 11) is 3.32. The van der Waals surface area contributed by atoms with Gasteiger partial charge in [0.05, 0.1) is 14.2 Å². The number of hydrogen-bond acceptors (Lipinski definition) is 5. The van der Waals surface area contributed by atoms with Crippen molar-refractivity contribution in [3.63, 3.8) is 0 Å². The third-order valence-electron chi connectivity index (χ3n) is 4.46. The predicted molar refractivity (Wildman–Crippen MR) is 93.7 cm³/mol. The van der Waals surface area contributed by atoms with Gasteiger partial charge in [-0.25, -0.2) is 9.89 Å². The number of halogens is 1. The van der Waals surface area contributed by atoms with Gasteiger partial charge in [-0.3, -0.25) is 9.88 Å². The first kappa shape index (κ1) is 17.0. The topological polar surface area (TPSA) is 83.2 Å². The summed E-state index contributed by atoms with van der Waals surface area (Å²) in [5.74, 6) is 2.66. The summed E-state index contributed by atoms with van der Waals surface area (Å²) < 4.78 is 11.8. The third-order valence-corrected chi connectivity index (χ3v) is 5.17. The number of benzene rings is 1. The highest BCUT2D eigenvalue weighted by Gasteiger charge is 2.24. The van der Waals surface area contributed by atoms with Crippen molar-refractivity contribution in [1.29, 1.82) is 0 Å². The Kier molecular flexibility index (Phi) is 5.25. The molecule has 0 spiro atoms. The number of aromatic nitrogens is 3. The van der Waals surface area contributed by atoms with Crippen LogP contribution in [0.2, 0.25) is 0 Å². The number of ether oxygens (including phenoxy) is 2. The lowest BCUT2D eigenvalue weighted by atomic mass is 9.96. The zero-order valence-corrected chi connectivity index (χ0v) is 15.4. The maximum Gasteiger partial charge on any atom is 0.340 e. The largest absolute Gasteiger partial charge is 0.497 e. The Morgan fingerprint density at radius 2 is 2.04 bits per heavy atom. The molecule has 0 unspecified atom stereocenters. The van der Waals surface area contributed by atoms with Crippen LogP contribution in [0, 0.1) is 0 Å². The number of H-pyrrole nitrogens is 2. The molecule has 2 N–H and O–H groups in total. The number of piperidine rings is 1. The van der Waals surface area contributed by atoms with Gasteiger partial charge in [-0.2, -0.15) is 5.10 Å². The van der Waals surface area contributed by atoms with Gasteiger partial charge in [-0.1, -0.05) is 15.9 Å². The van der Waals surface area contributed by atoms with Crippen LogP contribution < -0.4 is 15.2 Å². The number of nitrogens with one attached hydrogen (secondary N) is 2. The van der Waals surface area contributed by atoms with Crippen LogP contribution in [0.4, 0.5) is 0 Å². The molecule has 0 saturated carbocycles. The molecule has 1 aromatic heterocycles. The second-order valence-electron chi connectivity index (χ2n) is 5.90. The smallest absolute Gasteiger partial charge is 0.340 e. The molecule has 8 heteroatoms. The van der Waals surface area contributed by atoms with Gasteiger partial charge in [0.15, 0.2) is 0 Å². The van der Waals surface area contributed by atoms with Crippen molar-refractivity contribution in [2.45, 2.75) is 25.3 Å². The molecular formula is C16H21BrN4O3. The van der Waals surface area contributed by atoms with Crippen LogP contribution in [0.3, 0.4) is 0 Å². The Morgan fingerprint density at radius 3 is 2.62 bits per heavy atom. The van der Waals surface area contributed by atoms with Crippen LogP contribution in [-0.4, -0.2) is 47.4 Å². The number of hydrogen-bond donors (Lipinski definition) is 2. The summed E-state index contributed by atoms with van der Waals surface area (Å²) in [4.78, 5) is 16.3. The van der Waals surface area contributed by atoms with E-state index in [1.54, 1.807) is 14.2 Å². The van der Waals surface area contributed by atoms with E-state index in [2.05, 4.69) is 36.0 Å². The molecule has 1 aliphatic rings. The molecule has 1 aromatic carbocycles. The summed E-state index contributed by atoms with van der Waals surface area (Å²) in [5, 5.41) is 6.50. The molecule has 0 bridgehead atoms. The maximum atomic E-state index is 11.2. The monoisotopic (exact) mass is 396 g/mol. The summed E-state index contributed by atoms with van der Waals surface area (Å²) in [6, 6.07) is 3.86. The molecule has 130 valence electrons. The van der Waals surface area contributed by atoms with E-state index >= 15 is 0 Å². The number of rotatable bonds is 5. The minimum absolute atomic E-state index is 0.237. The van der Waals surface area contributed by atoms with Crippen LogP contribution in [0.1, 0.15) is 30.1 Å². The van der Waals surface area contributed by atoms with Crippen LogP contribution in [0.5, 0.6) is 11.5 Å². The molecule has 7 nitrogen and oxygen atoms in total. The van der Waals surface area contributed by atoms with Gasteiger partial charge in [-0.15, -0.1) is 0 Å². The van der Waals surface area contributed by atoms with Crippen molar-refractivity contribution in [2.24, 2.45) is 0 Å². The van der Waals surface area contributed by atoms with Crippen molar-refractivity contribution in [1.82, 2.24) is 20.1 Å². The standard InChI is InChI=1S/C16H21BrN4O3/c1-23-11-7-13(17)12(14(8-11)24-2)9-21-5-3-10(4-6-21)15-18-16(22)20-19-15/h7-8,10H,3-6,9H2,1-2H3,(H2,18,19,20,22). The maximum absolute atomic E-state index is 11.2. The van der Waals surface area contributed by atoms with Crippen molar-refractivity contribution in [3.8, 4) is 11.5 Å². The van der Waals surface area contributed by atoms with Crippen LogP contribution in [0.15, 0.2) is 21.4 Å². The quantitative estimate of drug-likeness (QED) is 0.809. The van der Waals surface area contributed by atoms with Crippen LogP contribution in [-0.2, 0) is 6.54 Å². The molecule has 24 heavy (non-hydrogen) atoms. The van der Waals surface area contributed by atoms with E-state index < -0.39 is 0 Å². The average Bonchev–Trinajstić information content (AvgIpc) is 3.03. The van der Waals surface area contributed by atoms with Crippen molar-refractivity contribution >= 4 is 15.9 Å². The number of nitrogens with zero attached hydrogens (tertiary/aromatic N) is 2. The minimum Gasteiger partial charge on any atom is -0.497 e. The second-order valence-corrected chi connectivity index (χ2v) is 6.76. The van der Waals surface area contributed by atoms with E-state index in [-0.39, 0.29) is 5.69 Å². The first-order valence-corrected chi connectivity index (χ1v) is 8.67. The molecule has 0 radical (unpaired) electrons. The van der Waals surface area contributed by atoms with Gasteiger partial charge < -0.3 is 9.47 Å². The lowest BCUT2D eigenvalue weighted by Crippen LogP contribution is -2.33. The normalized spacial score (nSPS) is 16.3. The molecule has 1 fully saturated rings. The number of aromatic amines is 2. The first-order valence-electron chi connectivity index (χ1n) is 7.88. The van der Waals surface area contributed by atoms with E-state index in [0.717, 1.165) is 59.8 Å². The zero-order valence-electron chi connectivity index (χ0n) is 13.8. The predicted octanol–water partition coefficient (Wildman–Crippen LogP) is 2.26. The van der Waals surface area contributed by atoms with Crippen molar-refractivity contribution in [3.05, 3.63) is 38.5 Å². The van der Waals surface area contributed by atoms with E-state index in [1.807, 2.05) is 12.1 Å². The lowest BCUT2D eigenvalue weighted by molar-refractivity contribution is 0.199. The summed E-state index contributed by atoms with van der Waals surface area (Å²) >= 11 is 3.62. The van der Waals surface area contributed by atoms with E-state index in [1.165, 1.54) is 0 Å². The highest BCUT2D eigenvalue weighted by molar-refractivity contribution is 9.10. The molecular weight excluding hydrogens is 376 g/mol. The van der Waals surface area contributed by atoms with Gasteiger partial charge in [0.1, 0.15) is 17.3 Å². The fourth-order valence-corrected chi connectivity index (χ4v) is 3.65. The van der Waals surface area contributed by atoms with Crippen molar-refractivity contribution in [2.75, 3.05) is 27.3 Å². The molecule has 0 aliphatic carbocycles. The number of likely N-dealkylation sites (tertiary alicyclic amines) is 1. The Hall–Kier alpha value is -1.80. The summed E-state index contributed by atoms with van der Waals surface area (Å²) in [5.41, 5.74) is 0.879. The van der Waals surface area contributed by atoms with Crippen molar-refractivity contribution < 1.29 is 9.47 Å². The fourth-order valence-electron chi connectivity index (χ4n) is 3.11. The van der Waals surface area contributed by atoms with E-state index in [0.29, 0.717) is 5.92 Å². The van der Waals surface area contributed by atoms with Gasteiger partial charge in [0.25, 0.3) is 0 Å². The van der Waals surface area contributed by atoms with E-state index in [4.69, 9.17) is 9.47 Å². The number of methoxy groups -OCH3 is 2. The lowest BCUT2D eigenvalue weighted by Gasteiger charge is -2.31. The third kappa shape index (κ3) is 3.64. The molecule has 2 heterocycles.